The predicted octanol–water partition coefficient (Wildman–Crippen LogP) is 1.83. The van der Waals surface area contributed by atoms with E-state index in [9.17, 15) is 5.11 Å². The molecule has 2 heteroatoms. The van der Waals surface area contributed by atoms with E-state index in [0.717, 1.165) is 5.56 Å². The Morgan fingerprint density at radius 2 is 1.86 bits per heavy atom. The molecule has 2 N–H and O–H groups in total. The number of aliphatic hydroxyl groups excluding tert-OH is 2. The van der Waals surface area contributed by atoms with Crippen LogP contribution in [0.3, 0.4) is 0 Å². The first-order valence-corrected chi connectivity index (χ1v) is 4.78. The van der Waals surface area contributed by atoms with Gasteiger partial charge in [-0.3, -0.25) is 0 Å². The molecule has 0 fully saturated rings. The van der Waals surface area contributed by atoms with Gasteiger partial charge in [0.15, 0.2) is 0 Å². The molecule has 2 atom stereocenters. The maximum absolute atomic E-state index is 9.43. The summed E-state index contributed by atoms with van der Waals surface area (Å²) in [7, 11) is 0. The Balaban J connectivity index is 2.48. The number of aliphatic hydroxyl groups is 2. The smallest absolute Gasteiger partial charge is 0.0748 e. The first kappa shape index (κ1) is 11.0. The second kappa shape index (κ2) is 5.58. The van der Waals surface area contributed by atoms with Crippen molar-refractivity contribution in [1.82, 2.24) is 0 Å². The van der Waals surface area contributed by atoms with Gasteiger partial charge in [0.25, 0.3) is 0 Å². The highest BCUT2D eigenvalue weighted by atomic mass is 16.3. The monoisotopic (exact) mass is 192 g/mol. The van der Waals surface area contributed by atoms with Crippen LogP contribution >= 0.6 is 0 Å². The fourth-order valence-corrected chi connectivity index (χ4v) is 1.21. The van der Waals surface area contributed by atoms with Crippen LogP contribution in [0.25, 0.3) is 6.08 Å². The van der Waals surface area contributed by atoms with E-state index < -0.39 is 12.2 Å². The van der Waals surface area contributed by atoms with Gasteiger partial charge >= 0.3 is 0 Å². The van der Waals surface area contributed by atoms with E-state index in [1.54, 1.807) is 13.0 Å². The Hall–Kier alpha value is -1.12. The van der Waals surface area contributed by atoms with Crippen molar-refractivity contribution < 1.29 is 10.2 Å². The zero-order valence-corrected chi connectivity index (χ0v) is 8.30. The summed E-state index contributed by atoms with van der Waals surface area (Å²) in [6.07, 6.45) is 2.89. The summed E-state index contributed by atoms with van der Waals surface area (Å²) in [5.74, 6) is 0. The van der Waals surface area contributed by atoms with Gasteiger partial charge in [0.05, 0.1) is 12.2 Å². The molecule has 0 heterocycles. The Kier molecular flexibility index (Phi) is 4.36. The van der Waals surface area contributed by atoms with Gasteiger partial charge in [0.1, 0.15) is 0 Å². The number of benzene rings is 1. The number of hydrogen-bond acceptors (Lipinski definition) is 2. The summed E-state index contributed by atoms with van der Waals surface area (Å²) >= 11 is 0. The van der Waals surface area contributed by atoms with Crippen molar-refractivity contribution in [2.45, 2.75) is 25.6 Å². The van der Waals surface area contributed by atoms with Crippen LogP contribution in [-0.4, -0.2) is 22.4 Å². The maximum Gasteiger partial charge on any atom is 0.0748 e. The van der Waals surface area contributed by atoms with Gasteiger partial charge in [0, 0.05) is 6.42 Å². The van der Waals surface area contributed by atoms with E-state index in [0.29, 0.717) is 6.42 Å². The van der Waals surface area contributed by atoms with Gasteiger partial charge < -0.3 is 10.2 Å². The first-order chi connectivity index (χ1) is 6.68. The fraction of sp³-hybridized carbons (Fsp3) is 0.333. The maximum atomic E-state index is 9.43. The van der Waals surface area contributed by atoms with Crippen LogP contribution in [0.1, 0.15) is 18.9 Å². The molecule has 0 unspecified atom stereocenters. The minimum atomic E-state index is -0.574. The van der Waals surface area contributed by atoms with Crippen LogP contribution in [0, 0.1) is 0 Å². The molecule has 14 heavy (non-hydrogen) atoms. The lowest BCUT2D eigenvalue weighted by Crippen LogP contribution is -2.11. The van der Waals surface area contributed by atoms with Gasteiger partial charge in [-0.1, -0.05) is 42.5 Å². The van der Waals surface area contributed by atoms with Gasteiger partial charge in [-0.25, -0.2) is 0 Å². The Labute approximate surface area is 84.5 Å². The largest absolute Gasteiger partial charge is 0.393 e. The van der Waals surface area contributed by atoms with Crippen LogP contribution in [0.2, 0.25) is 0 Å². The summed E-state index contributed by atoms with van der Waals surface area (Å²) < 4.78 is 0. The fourth-order valence-electron chi connectivity index (χ4n) is 1.21. The van der Waals surface area contributed by atoms with Crippen LogP contribution in [0.15, 0.2) is 36.4 Å². The van der Waals surface area contributed by atoms with Crippen LogP contribution in [0.5, 0.6) is 0 Å². The lowest BCUT2D eigenvalue weighted by Gasteiger charge is -2.07. The molecule has 0 aliphatic carbocycles. The Morgan fingerprint density at radius 3 is 2.43 bits per heavy atom. The van der Waals surface area contributed by atoms with Gasteiger partial charge in [0.2, 0.25) is 0 Å². The molecule has 0 spiro atoms. The van der Waals surface area contributed by atoms with Gasteiger partial charge in [-0.05, 0) is 12.5 Å². The van der Waals surface area contributed by atoms with E-state index in [4.69, 9.17) is 5.11 Å². The van der Waals surface area contributed by atoms with Gasteiger partial charge in [-0.15, -0.1) is 0 Å². The molecule has 0 amide bonds. The van der Waals surface area contributed by atoms with Crippen molar-refractivity contribution in [2.75, 3.05) is 0 Å². The van der Waals surface area contributed by atoms with Crippen LogP contribution < -0.4 is 0 Å². The molecule has 1 rings (SSSR count). The molecular weight excluding hydrogens is 176 g/mol. The second-order valence-electron chi connectivity index (χ2n) is 3.42. The summed E-state index contributed by atoms with van der Waals surface area (Å²) in [4.78, 5) is 0. The van der Waals surface area contributed by atoms with E-state index in [2.05, 4.69) is 0 Å². The summed E-state index contributed by atoms with van der Waals surface area (Å²) in [5, 5.41) is 18.5. The summed E-state index contributed by atoms with van der Waals surface area (Å²) in [6, 6.07) is 9.77. The molecule has 2 nitrogen and oxygen atoms in total. The van der Waals surface area contributed by atoms with Crippen molar-refractivity contribution in [2.24, 2.45) is 0 Å². The molecule has 0 aliphatic heterocycles. The van der Waals surface area contributed by atoms with E-state index >= 15 is 0 Å². The third-order valence-corrected chi connectivity index (χ3v) is 1.89. The van der Waals surface area contributed by atoms with Crippen molar-refractivity contribution in [3.63, 3.8) is 0 Å². The molecule has 0 radical (unpaired) electrons. The number of rotatable bonds is 4. The molecule has 0 saturated carbocycles. The average Bonchev–Trinajstić information content (AvgIpc) is 2.15. The van der Waals surface area contributed by atoms with Crippen molar-refractivity contribution in [1.29, 1.82) is 0 Å². The summed E-state index contributed by atoms with van der Waals surface area (Å²) in [6.45, 7) is 1.67. The molecule has 0 aromatic heterocycles. The first-order valence-electron chi connectivity index (χ1n) is 4.78. The number of hydrogen-bond donors (Lipinski definition) is 2. The van der Waals surface area contributed by atoms with Crippen molar-refractivity contribution >= 4 is 6.08 Å². The molecule has 1 aromatic rings. The Morgan fingerprint density at radius 1 is 1.21 bits per heavy atom. The Bertz CT molecular complexity index is 278. The minimum absolute atomic E-state index is 0.378. The van der Waals surface area contributed by atoms with E-state index in [-0.39, 0.29) is 0 Å². The normalized spacial score (nSPS) is 15.6. The molecule has 0 saturated heterocycles. The highest BCUT2D eigenvalue weighted by molar-refractivity contribution is 5.49. The van der Waals surface area contributed by atoms with E-state index in [1.165, 1.54) is 0 Å². The lowest BCUT2D eigenvalue weighted by molar-refractivity contribution is 0.117. The highest BCUT2D eigenvalue weighted by Gasteiger charge is 2.02. The minimum Gasteiger partial charge on any atom is -0.393 e. The standard InChI is InChI=1S/C12H16O2/c1-10(13)9-12(14)8-7-11-5-3-2-4-6-11/h2-8,10,12-14H,9H2,1H3/b8-7+/t10-,12+/m1/s1. The molecule has 76 valence electrons. The molecule has 0 bridgehead atoms. The highest BCUT2D eigenvalue weighted by Crippen LogP contribution is 2.05. The zero-order valence-electron chi connectivity index (χ0n) is 8.30. The van der Waals surface area contributed by atoms with Crippen molar-refractivity contribution in [3.05, 3.63) is 42.0 Å². The summed E-state index contributed by atoms with van der Waals surface area (Å²) in [5.41, 5.74) is 1.05. The average molecular weight is 192 g/mol. The zero-order chi connectivity index (χ0) is 10.4. The quantitative estimate of drug-likeness (QED) is 0.764. The van der Waals surface area contributed by atoms with Crippen molar-refractivity contribution in [3.8, 4) is 0 Å². The SMILES string of the molecule is C[C@@H](O)C[C@@H](O)/C=C/c1ccccc1. The van der Waals surface area contributed by atoms with Gasteiger partial charge in [-0.2, -0.15) is 0 Å². The van der Waals surface area contributed by atoms with E-state index in [1.807, 2.05) is 36.4 Å². The van der Waals surface area contributed by atoms with Crippen LogP contribution in [0.4, 0.5) is 0 Å². The van der Waals surface area contributed by atoms with Crippen LogP contribution in [-0.2, 0) is 0 Å². The topological polar surface area (TPSA) is 40.5 Å². The predicted molar refractivity (Wildman–Crippen MR) is 57.8 cm³/mol. The third-order valence-electron chi connectivity index (χ3n) is 1.89. The molecular formula is C12H16O2. The lowest BCUT2D eigenvalue weighted by atomic mass is 10.1. The molecule has 1 aromatic carbocycles. The third kappa shape index (κ3) is 4.21. The second-order valence-corrected chi connectivity index (χ2v) is 3.42. The molecule has 0 aliphatic rings.